The molecule has 0 saturated carbocycles. The molecule has 0 spiro atoms. The van der Waals surface area contributed by atoms with Crippen molar-refractivity contribution in [3.05, 3.63) is 34.4 Å². The zero-order valence-corrected chi connectivity index (χ0v) is 17.6. The number of hydrogen-bond donors (Lipinski definition) is 1. The third-order valence-corrected chi connectivity index (χ3v) is 4.97. The van der Waals surface area contributed by atoms with E-state index in [0.29, 0.717) is 11.5 Å². The van der Waals surface area contributed by atoms with Crippen LogP contribution in [0, 0.1) is 5.92 Å². The predicted molar refractivity (Wildman–Crippen MR) is 105 cm³/mol. The average molecular weight is 363 g/mol. The topological polar surface area (TPSA) is 63.6 Å². The third kappa shape index (κ3) is 4.24. The molecule has 0 amide bonds. The van der Waals surface area contributed by atoms with Crippen molar-refractivity contribution in [2.45, 2.75) is 85.7 Å². The molecule has 0 fully saturated rings. The third-order valence-electron chi connectivity index (χ3n) is 4.97. The standard InChI is InChI=1S/C22H34O4/c1-12(2)16-10-17(13(3)4)19(18(11-16)14(5)6)21(24)22(9,26-25)20(23)15(7)8/h10-15,25H,1-9H3. The van der Waals surface area contributed by atoms with Crippen molar-refractivity contribution >= 4 is 11.6 Å². The van der Waals surface area contributed by atoms with Crippen molar-refractivity contribution in [2.24, 2.45) is 5.92 Å². The van der Waals surface area contributed by atoms with Crippen LogP contribution in [0.1, 0.15) is 107 Å². The van der Waals surface area contributed by atoms with Crippen molar-refractivity contribution in [3.63, 3.8) is 0 Å². The summed E-state index contributed by atoms with van der Waals surface area (Å²) in [4.78, 5) is 30.6. The number of ketones is 2. The van der Waals surface area contributed by atoms with E-state index in [1.165, 1.54) is 6.92 Å². The molecule has 0 aliphatic carbocycles. The van der Waals surface area contributed by atoms with E-state index in [2.05, 4.69) is 18.7 Å². The first kappa shape index (κ1) is 22.5. The Hall–Kier alpha value is -1.52. The summed E-state index contributed by atoms with van der Waals surface area (Å²) in [7, 11) is 0. The summed E-state index contributed by atoms with van der Waals surface area (Å²) in [5.74, 6) is -0.809. The van der Waals surface area contributed by atoms with Crippen LogP contribution in [0.5, 0.6) is 0 Å². The fraction of sp³-hybridized carbons (Fsp3) is 0.636. The van der Waals surface area contributed by atoms with Gasteiger partial charge in [-0.25, -0.2) is 4.89 Å². The van der Waals surface area contributed by atoms with E-state index >= 15 is 0 Å². The first-order valence-corrected chi connectivity index (χ1v) is 9.47. The molecule has 1 N–H and O–H groups in total. The molecule has 0 radical (unpaired) electrons. The number of Topliss-reactive ketones (excluding diaryl/α,β-unsaturated/α-hetero) is 2. The second kappa shape index (κ2) is 8.45. The van der Waals surface area contributed by atoms with Gasteiger partial charge in [-0.15, -0.1) is 0 Å². The summed E-state index contributed by atoms with van der Waals surface area (Å²) < 4.78 is 0. The summed E-state index contributed by atoms with van der Waals surface area (Å²) >= 11 is 0. The van der Waals surface area contributed by atoms with Crippen molar-refractivity contribution in [3.8, 4) is 0 Å². The van der Waals surface area contributed by atoms with Gasteiger partial charge < -0.3 is 0 Å². The minimum atomic E-state index is -1.90. The lowest BCUT2D eigenvalue weighted by molar-refractivity contribution is -0.290. The maximum atomic E-state index is 13.5. The van der Waals surface area contributed by atoms with Gasteiger partial charge in [-0.05, 0) is 41.4 Å². The number of carbonyl (C=O) groups is 2. The molecule has 26 heavy (non-hydrogen) atoms. The lowest BCUT2D eigenvalue weighted by Gasteiger charge is -2.29. The summed E-state index contributed by atoms with van der Waals surface area (Å²) in [6.45, 7) is 17.1. The van der Waals surface area contributed by atoms with Gasteiger partial charge in [-0.2, -0.15) is 0 Å². The maximum Gasteiger partial charge on any atom is 0.220 e. The van der Waals surface area contributed by atoms with E-state index in [9.17, 15) is 14.8 Å². The lowest BCUT2D eigenvalue weighted by Crippen LogP contribution is -2.48. The molecule has 1 atom stereocenters. The molecule has 1 aromatic carbocycles. The maximum absolute atomic E-state index is 13.5. The highest BCUT2D eigenvalue weighted by Gasteiger charge is 2.46. The molecule has 4 nitrogen and oxygen atoms in total. The van der Waals surface area contributed by atoms with E-state index in [-0.39, 0.29) is 11.8 Å². The van der Waals surface area contributed by atoms with Gasteiger partial charge >= 0.3 is 0 Å². The van der Waals surface area contributed by atoms with Crippen LogP contribution in [0.4, 0.5) is 0 Å². The van der Waals surface area contributed by atoms with E-state index in [1.54, 1.807) is 13.8 Å². The fourth-order valence-corrected chi connectivity index (χ4v) is 3.21. The molecule has 0 saturated heterocycles. The van der Waals surface area contributed by atoms with Crippen LogP contribution < -0.4 is 0 Å². The van der Waals surface area contributed by atoms with Crippen LogP contribution in [0.2, 0.25) is 0 Å². The van der Waals surface area contributed by atoms with Crippen molar-refractivity contribution < 1.29 is 19.7 Å². The Labute approximate surface area is 157 Å². The molecule has 0 bridgehead atoms. The Kier molecular flexibility index (Phi) is 7.32. The molecule has 0 heterocycles. The van der Waals surface area contributed by atoms with E-state index in [1.807, 2.05) is 39.8 Å². The van der Waals surface area contributed by atoms with Gasteiger partial charge in [0.25, 0.3) is 0 Å². The van der Waals surface area contributed by atoms with Gasteiger partial charge in [0.05, 0.1) is 0 Å². The summed E-state index contributed by atoms with van der Waals surface area (Å²) in [5.41, 5.74) is 1.55. The Balaban J connectivity index is 3.78. The van der Waals surface area contributed by atoms with E-state index in [0.717, 1.165) is 16.7 Å². The summed E-state index contributed by atoms with van der Waals surface area (Å²) in [6.07, 6.45) is 0. The molecule has 0 aromatic heterocycles. The number of benzene rings is 1. The molecule has 4 heteroatoms. The van der Waals surface area contributed by atoms with Gasteiger partial charge in [-0.3, -0.25) is 14.8 Å². The van der Waals surface area contributed by atoms with Gasteiger partial charge in [0, 0.05) is 11.5 Å². The molecular weight excluding hydrogens is 328 g/mol. The minimum Gasteiger partial charge on any atom is -0.295 e. The van der Waals surface area contributed by atoms with Gasteiger partial charge in [0.2, 0.25) is 11.4 Å². The van der Waals surface area contributed by atoms with Crippen LogP contribution in [0.25, 0.3) is 0 Å². The number of carbonyl (C=O) groups excluding carboxylic acids is 2. The molecule has 1 aromatic rings. The highest BCUT2D eigenvalue weighted by Crippen LogP contribution is 2.35. The van der Waals surface area contributed by atoms with Crippen LogP contribution in [-0.2, 0) is 9.68 Å². The first-order valence-electron chi connectivity index (χ1n) is 9.47. The molecule has 146 valence electrons. The summed E-state index contributed by atoms with van der Waals surface area (Å²) in [5, 5.41) is 9.50. The molecular formula is C22H34O4. The van der Waals surface area contributed by atoms with Crippen molar-refractivity contribution in [2.75, 3.05) is 0 Å². The van der Waals surface area contributed by atoms with Crippen molar-refractivity contribution in [1.82, 2.24) is 0 Å². The molecule has 0 aliphatic rings. The number of rotatable bonds is 8. The smallest absolute Gasteiger partial charge is 0.220 e. The predicted octanol–water partition coefficient (Wildman–Crippen LogP) is 5.71. The Morgan fingerprint density at radius 2 is 1.31 bits per heavy atom. The van der Waals surface area contributed by atoms with Crippen molar-refractivity contribution in [1.29, 1.82) is 0 Å². The summed E-state index contributed by atoms with van der Waals surface area (Å²) in [6, 6.07) is 4.10. The van der Waals surface area contributed by atoms with Crippen LogP contribution in [0.3, 0.4) is 0 Å². The zero-order chi connectivity index (χ0) is 20.4. The average Bonchev–Trinajstić information content (AvgIpc) is 2.57. The minimum absolute atomic E-state index is 0.0993. The number of hydrogen-bond acceptors (Lipinski definition) is 4. The Morgan fingerprint density at radius 1 is 0.885 bits per heavy atom. The second-order valence-electron chi connectivity index (χ2n) is 8.51. The van der Waals surface area contributed by atoms with Crippen LogP contribution in [0.15, 0.2) is 12.1 Å². The van der Waals surface area contributed by atoms with Gasteiger partial charge in [-0.1, -0.05) is 67.5 Å². The first-order chi connectivity index (χ1) is 11.9. The van der Waals surface area contributed by atoms with Crippen LogP contribution >= 0.6 is 0 Å². The second-order valence-corrected chi connectivity index (χ2v) is 8.51. The normalized spacial score (nSPS) is 14.4. The zero-order valence-electron chi connectivity index (χ0n) is 17.6. The molecule has 1 unspecified atom stereocenters. The quantitative estimate of drug-likeness (QED) is 0.278. The molecule has 0 aliphatic heterocycles. The van der Waals surface area contributed by atoms with E-state index < -0.39 is 23.1 Å². The SMILES string of the molecule is CC(C)C(=O)C(C)(OO)C(=O)c1c(C(C)C)cc(C(C)C)cc1C(C)C. The monoisotopic (exact) mass is 362 g/mol. The Bertz CT molecular complexity index is 642. The van der Waals surface area contributed by atoms with E-state index in [4.69, 9.17) is 0 Å². The van der Waals surface area contributed by atoms with Gasteiger partial charge in [0.1, 0.15) is 0 Å². The Morgan fingerprint density at radius 3 is 1.58 bits per heavy atom. The highest BCUT2D eigenvalue weighted by molar-refractivity contribution is 6.18. The van der Waals surface area contributed by atoms with Crippen LogP contribution in [-0.4, -0.2) is 22.4 Å². The van der Waals surface area contributed by atoms with Gasteiger partial charge in [0.15, 0.2) is 5.78 Å². The highest BCUT2D eigenvalue weighted by atomic mass is 17.1. The fourth-order valence-electron chi connectivity index (χ4n) is 3.21. The largest absolute Gasteiger partial charge is 0.295 e. The lowest BCUT2D eigenvalue weighted by atomic mass is 9.77. The molecule has 1 rings (SSSR count).